The Bertz CT molecular complexity index is 167. The van der Waals surface area contributed by atoms with Gasteiger partial charge in [0.1, 0.15) is 0 Å². The largest absolute Gasteiger partial charge is 0.450 e. The number of hydrogen-bond acceptors (Lipinski definition) is 0. The zero-order valence-corrected chi connectivity index (χ0v) is 3.76. The lowest BCUT2D eigenvalue weighted by Gasteiger charge is -1.81. The van der Waals surface area contributed by atoms with Crippen LogP contribution in [0.1, 0.15) is 0 Å². The summed E-state index contributed by atoms with van der Waals surface area (Å²) in [6.45, 7) is 6.49. The number of rotatable bonds is 0. The maximum Gasteiger partial charge on any atom is 0.0116 e. The van der Waals surface area contributed by atoms with Crippen molar-refractivity contribution in [2.45, 2.75) is 0 Å². The highest BCUT2D eigenvalue weighted by molar-refractivity contribution is 5.44. The van der Waals surface area contributed by atoms with E-state index in [0.29, 0.717) is 0 Å². The van der Waals surface area contributed by atoms with Crippen molar-refractivity contribution >= 4 is 5.69 Å². The van der Waals surface area contributed by atoms with Crippen molar-refractivity contribution in [2.24, 2.45) is 0 Å². The Balaban J connectivity index is 3.04. The van der Waals surface area contributed by atoms with E-state index in [1.54, 1.807) is 12.1 Å². The highest BCUT2D eigenvalue weighted by Gasteiger charge is 1.69. The van der Waals surface area contributed by atoms with E-state index in [1.807, 2.05) is 12.1 Å². The quantitative estimate of drug-likeness (QED) is 0.429. The molecule has 0 radical (unpaired) electrons. The van der Waals surface area contributed by atoms with Gasteiger partial charge in [-0.3, -0.25) is 6.57 Å². The minimum absolute atomic E-state index is 0.722. The fraction of sp³-hybridized carbons (Fsp3) is 0. The van der Waals surface area contributed by atoms with E-state index in [0.717, 1.165) is 5.69 Å². The Morgan fingerprint density at radius 2 is 1.86 bits per heavy atom. The van der Waals surface area contributed by atoms with Gasteiger partial charge >= 0.3 is 0 Å². The summed E-state index contributed by atoms with van der Waals surface area (Å²) in [5, 5.41) is 0. The molecule has 0 fully saturated rings. The summed E-state index contributed by atoms with van der Waals surface area (Å²) in [5.74, 6) is 0. The Morgan fingerprint density at radius 1 is 1.29 bits per heavy atom. The fourth-order valence-electron chi connectivity index (χ4n) is 0.438. The first-order valence-electron chi connectivity index (χ1n) is 2.02. The Labute approximate surface area is 42.4 Å². The van der Waals surface area contributed by atoms with E-state index in [-0.39, 0.29) is 0 Å². The van der Waals surface area contributed by atoms with Gasteiger partial charge in [-0.25, -0.2) is 0 Å². The molecule has 0 N–H and O–H groups in total. The molecule has 34 valence electrons. The van der Waals surface area contributed by atoms with Crippen LogP contribution >= 0.6 is 0 Å². The monoisotopic (exact) mass is 90.0 g/mol. The summed E-state index contributed by atoms with van der Waals surface area (Å²) in [7, 11) is 0. The highest BCUT2D eigenvalue weighted by atomic mass is 14.6. The lowest BCUT2D eigenvalue weighted by atomic mass is 10.6. The van der Waals surface area contributed by atoms with Gasteiger partial charge in [0.2, 0.25) is 0 Å². The topological polar surface area (TPSA) is 4.36 Å². The molecule has 0 amide bonds. The SMILES string of the molecule is [C-]#[N+][c-]1cccc1. The van der Waals surface area contributed by atoms with Crippen molar-refractivity contribution in [1.29, 1.82) is 0 Å². The maximum atomic E-state index is 6.49. The molecule has 0 unspecified atom stereocenters. The second-order valence-electron chi connectivity index (χ2n) is 1.25. The van der Waals surface area contributed by atoms with E-state index in [4.69, 9.17) is 6.57 Å². The zero-order chi connectivity index (χ0) is 5.11. The lowest BCUT2D eigenvalue weighted by Crippen LogP contribution is -1.35. The Morgan fingerprint density at radius 3 is 2.14 bits per heavy atom. The first-order valence-corrected chi connectivity index (χ1v) is 2.02. The van der Waals surface area contributed by atoms with Crippen molar-refractivity contribution in [1.82, 2.24) is 0 Å². The molecule has 0 bridgehead atoms. The molecule has 1 rings (SSSR count). The van der Waals surface area contributed by atoms with Crippen LogP contribution in [0.2, 0.25) is 0 Å². The van der Waals surface area contributed by atoms with E-state index >= 15 is 0 Å². The van der Waals surface area contributed by atoms with Crippen LogP contribution in [-0.2, 0) is 0 Å². The third-order valence-electron chi connectivity index (χ3n) is 0.774. The van der Waals surface area contributed by atoms with Gasteiger partial charge in [-0.2, -0.15) is 0 Å². The molecule has 0 saturated heterocycles. The molecular weight excluding hydrogens is 86.1 g/mol. The van der Waals surface area contributed by atoms with Gasteiger partial charge in [0.15, 0.2) is 0 Å². The van der Waals surface area contributed by atoms with Crippen molar-refractivity contribution in [2.75, 3.05) is 0 Å². The average Bonchev–Trinajstić information content (AvgIpc) is 2.14. The molecule has 7 heavy (non-hydrogen) atoms. The summed E-state index contributed by atoms with van der Waals surface area (Å²) in [4.78, 5) is 3.18. The molecule has 1 heteroatoms. The third-order valence-corrected chi connectivity index (χ3v) is 0.774. The van der Waals surface area contributed by atoms with Gasteiger partial charge in [0.05, 0.1) is 0 Å². The van der Waals surface area contributed by atoms with E-state index in [9.17, 15) is 0 Å². The molecule has 0 aliphatic heterocycles. The maximum absolute atomic E-state index is 6.49. The first-order chi connectivity index (χ1) is 3.43. The Kier molecular flexibility index (Phi) is 0.874. The fourth-order valence-corrected chi connectivity index (χ4v) is 0.438. The van der Waals surface area contributed by atoms with Crippen molar-refractivity contribution < 1.29 is 0 Å². The second-order valence-corrected chi connectivity index (χ2v) is 1.25. The molecule has 0 spiro atoms. The van der Waals surface area contributed by atoms with Crippen molar-refractivity contribution in [3.05, 3.63) is 35.7 Å². The van der Waals surface area contributed by atoms with Gasteiger partial charge in [-0.15, -0.1) is 12.1 Å². The summed E-state index contributed by atoms with van der Waals surface area (Å²) < 4.78 is 0. The molecule has 0 aromatic heterocycles. The van der Waals surface area contributed by atoms with Crippen molar-refractivity contribution in [3.63, 3.8) is 0 Å². The molecule has 0 aliphatic rings. The zero-order valence-electron chi connectivity index (χ0n) is 3.76. The van der Waals surface area contributed by atoms with Gasteiger partial charge < -0.3 is 4.85 Å². The van der Waals surface area contributed by atoms with Crippen LogP contribution in [0, 0.1) is 6.57 Å². The standard InChI is InChI=1S/C6H4N/c1-7-6-4-2-3-5-6/h2-5H/q-1. The van der Waals surface area contributed by atoms with Crippen LogP contribution in [0.5, 0.6) is 0 Å². The van der Waals surface area contributed by atoms with Crippen LogP contribution in [0.3, 0.4) is 0 Å². The van der Waals surface area contributed by atoms with Crippen LogP contribution < -0.4 is 0 Å². The summed E-state index contributed by atoms with van der Waals surface area (Å²) in [6.07, 6.45) is 0. The molecule has 1 nitrogen and oxygen atoms in total. The molecule has 0 atom stereocenters. The summed E-state index contributed by atoms with van der Waals surface area (Å²) >= 11 is 0. The highest BCUT2D eigenvalue weighted by Crippen LogP contribution is 2.09. The molecule has 0 heterocycles. The predicted molar refractivity (Wildman–Crippen MR) is 28.3 cm³/mol. The van der Waals surface area contributed by atoms with Gasteiger partial charge in [0, 0.05) is 5.69 Å². The van der Waals surface area contributed by atoms with E-state index < -0.39 is 0 Å². The predicted octanol–water partition coefficient (Wildman–Crippen LogP) is 1.96. The van der Waals surface area contributed by atoms with Crippen LogP contribution in [0.25, 0.3) is 4.85 Å². The van der Waals surface area contributed by atoms with Gasteiger partial charge in [0.25, 0.3) is 0 Å². The number of hydrogen-bond donors (Lipinski definition) is 0. The van der Waals surface area contributed by atoms with E-state index in [2.05, 4.69) is 4.85 Å². The van der Waals surface area contributed by atoms with Crippen molar-refractivity contribution in [3.8, 4) is 0 Å². The molecule has 1 aromatic rings. The van der Waals surface area contributed by atoms with Crippen LogP contribution in [0.4, 0.5) is 5.69 Å². The average molecular weight is 90.1 g/mol. The third kappa shape index (κ3) is 0.635. The lowest BCUT2D eigenvalue weighted by molar-refractivity contribution is 1.96. The number of nitrogens with zero attached hydrogens (tertiary/aromatic N) is 1. The molecular formula is C6H4N-. The molecule has 0 saturated carbocycles. The van der Waals surface area contributed by atoms with Gasteiger partial charge in [-0.1, -0.05) is 12.1 Å². The Hall–Kier alpha value is -1.16. The summed E-state index contributed by atoms with van der Waals surface area (Å²) in [5.41, 5.74) is 0.722. The van der Waals surface area contributed by atoms with E-state index in [1.165, 1.54) is 0 Å². The second kappa shape index (κ2) is 1.53. The first kappa shape index (κ1) is 4.01. The van der Waals surface area contributed by atoms with Crippen LogP contribution in [0.15, 0.2) is 24.3 Å². The molecule has 0 aliphatic carbocycles. The summed E-state index contributed by atoms with van der Waals surface area (Å²) in [6, 6.07) is 7.28. The van der Waals surface area contributed by atoms with Gasteiger partial charge in [-0.05, 0) is 0 Å². The van der Waals surface area contributed by atoms with Crippen LogP contribution in [-0.4, -0.2) is 0 Å². The molecule has 1 aromatic carbocycles. The minimum atomic E-state index is 0.722. The smallest absolute Gasteiger partial charge is 0.0116 e. The normalized spacial score (nSPS) is 7.86. The minimum Gasteiger partial charge on any atom is -0.450 e.